The molecule has 0 fully saturated rings. The van der Waals surface area contributed by atoms with Gasteiger partial charge in [-0.15, -0.1) is 13.2 Å². The summed E-state index contributed by atoms with van der Waals surface area (Å²) in [5.41, 5.74) is 1.77. The maximum atomic E-state index is 12.8. The number of hydrogen-bond donors (Lipinski definition) is 1. The monoisotopic (exact) mass is 392 g/mol. The first-order valence-corrected chi connectivity index (χ1v) is 8.10. The molecule has 2 rings (SSSR count). The third-order valence-electron chi connectivity index (χ3n) is 4.01. The number of hydrogen-bond acceptors (Lipinski definition) is 2. The van der Waals surface area contributed by atoms with Crippen molar-refractivity contribution in [1.29, 1.82) is 0 Å². The summed E-state index contributed by atoms with van der Waals surface area (Å²) in [5.74, 6) is -1.18. The van der Waals surface area contributed by atoms with Gasteiger partial charge in [0.05, 0.1) is 0 Å². The Morgan fingerprint density at radius 3 is 2.22 bits per heavy atom. The number of alkyl halides is 6. The standard InChI is InChI=1S/C19H18F6O2/c1-12-4-2-6-14(8-12)15(11-17(26)18(20,21)22)9-13-5-3-7-16(10-13)27-19(23,24)25/h2-8,10,15,17,26H,9,11H2,1H3/t15?,17-/m1/s1. The first-order valence-electron chi connectivity index (χ1n) is 8.10. The van der Waals surface area contributed by atoms with Gasteiger partial charge >= 0.3 is 12.5 Å². The molecule has 0 saturated heterocycles. The Kier molecular flexibility index (Phi) is 6.41. The summed E-state index contributed by atoms with van der Waals surface area (Å²) in [6.07, 6.45) is -12.7. The maximum absolute atomic E-state index is 12.8. The molecule has 27 heavy (non-hydrogen) atoms. The van der Waals surface area contributed by atoms with E-state index in [1.54, 1.807) is 31.2 Å². The molecular formula is C19H18F6O2. The molecular weight excluding hydrogens is 374 g/mol. The normalized spacial score (nSPS) is 14.7. The third-order valence-corrected chi connectivity index (χ3v) is 4.01. The lowest BCUT2D eigenvalue weighted by Crippen LogP contribution is -2.30. The molecule has 1 unspecified atom stereocenters. The summed E-state index contributed by atoms with van der Waals surface area (Å²) < 4.78 is 79.4. The Bertz CT molecular complexity index is 754. The Morgan fingerprint density at radius 2 is 1.63 bits per heavy atom. The van der Waals surface area contributed by atoms with Gasteiger partial charge in [-0.25, -0.2) is 0 Å². The topological polar surface area (TPSA) is 29.5 Å². The van der Waals surface area contributed by atoms with E-state index < -0.39 is 36.7 Å². The fourth-order valence-electron chi connectivity index (χ4n) is 2.82. The predicted molar refractivity (Wildman–Crippen MR) is 87.4 cm³/mol. The molecule has 0 aromatic heterocycles. The number of aryl methyl sites for hydroxylation is 1. The van der Waals surface area contributed by atoms with Crippen LogP contribution in [0.1, 0.15) is 29.0 Å². The van der Waals surface area contributed by atoms with E-state index in [4.69, 9.17) is 0 Å². The van der Waals surface area contributed by atoms with Crippen molar-refractivity contribution in [2.45, 2.75) is 44.3 Å². The van der Waals surface area contributed by atoms with Crippen LogP contribution < -0.4 is 4.74 Å². The van der Waals surface area contributed by atoms with Gasteiger partial charge in [0.1, 0.15) is 11.9 Å². The highest BCUT2D eigenvalue weighted by Gasteiger charge is 2.39. The Morgan fingerprint density at radius 1 is 0.963 bits per heavy atom. The number of aliphatic hydroxyl groups excluding tert-OH is 1. The van der Waals surface area contributed by atoms with Gasteiger partial charge < -0.3 is 9.84 Å². The zero-order valence-corrected chi connectivity index (χ0v) is 14.3. The summed E-state index contributed by atoms with van der Waals surface area (Å²) in [6, 6.07) is 11.9. The summed E-state index contributed by atoms with van der Waals surface area (Å²) in [4.78, 5) is 0. The van der Waals surface area contributed by atoms with Crippen LogP contribution in [0.15, 0.2) is 48.5 Å². The van der Waals surface area contributed by atoms with Crippen molar-refractivity contribution in [2.24, 2.45) is 0 Å². The molecule has 2 aromatic rings. The molecule has 0 radical (unpaired) electrons. The highest BCUT2D eigenvalue weighted by Crippen LogP contribution is 2.33. The van der Waals surface area contributed by atoms with E-state index in [9.17, 15) is 31.4 Å². The highest BCUT2D eigenvalue weighted by atomic mass is 19.4. The molecule has 0 aliphatic heterocycles. The van der Waals surface area contributed by atoms with Crippen LogP contribution in [0.5, 0.6) is 5.75 Å². The van der Waals surface area contributed by atoms with Gasteiger partial charge in [-0.2, -0.15) is 13.2 Å². The molecule has 0 spiro atoms. The van der Waals surface area contributed by atoms with Gasteiger partial charge in [-0.3, -0.25) is 0 Å². The minimum Gasteiger partial charge on any atom is -0.406 e. The predicted octanol–water partition coefficient (Wildman–Crippen LogP) is 5.53. The van der Waals surface area contributed by atoms with Gasteiger partial charge in [0.25, 0.3) is 0 Å². The third kappa shape index (κ3) is 6.78. The molecule has 148 valence electrons. The van der Waals surface area contributed by atoms with Gasteiger partial charge in [0.15, 0.2) is 0 Å². The first kappa shape index (κ1) is 21.1. The second-order valence-corrected chi connectivity index (χ2v) is 6.30. The SMILES string of the molecule is Cc1cccc(C(Cc2cccc(OC(F)(F)F)c2)C[C@@H](O)C(F)(F)F)c1. The summed E-state index contributed by atoms with van der Waals surface area (Å²) >= 11 is 0. The number of benzene rings is 2. The number of rotatable bonds is 6. The lowest BCUT2D eigenvalue weighted by atomic mass is 9.86. The van der Waals surface area contributed by atoms with Crippen LogP contribution in [-0.2, 0) is 6.42 Å². The van der Waals surface area contributed by atoms with Crippen LogP contribution in [0, 0.1) is 6.92 Å². The minimum absolute atomic E-state index is 0.0195. The first-order chi connectivity index (χ1) is 12.4. The Balaban J connectivity index is 2.28. The number of halogens is 6. The van der Waals surface area contributed by atoms with Crippen molar-refractivity contribution in [2.75, 3.05) is 0 Å². The fourth-order valence-corrected chi connectivity index (χ4v) is 2.82. The zero-order valence-electron chi connectivity index (χ0n) is 14.3. The number of ether oxygens (including phenoxy) is 1. The molecule has 8 heteroatoms. The lowest BCUT2D eigenvalue weighted by Gasteiger charge is -2.23. The zero-order chi connectivity index (χ0) is 20.2. The molecule has 2 nitrogen and oxygen atoms in total. The van der Waals surface area contributed by atoms with Gasteiger partial charge in [-0.1, -0.05) is 42.0 Å². The van der Waals surface area contributed by atoms with E-state index >= 15 is 0 Å². The van der Waals surface area contributed by atoms with Crippen molar-refractivity contribution in [3.63, 3.8) is 0 Å². The molecule has 0 aliphatic carbocycles. The van der Waals surface area contributed by atoms with Crippen molar-refractivity contribution >= 4 is 0 Å². The van der Waals surface area contributed by atoms with Crippen LogP contribution in [0.4, 0.5) is 26.3 Å². The minimum atomic E-state index is -4.86. The second kappa shape index (κ2) is 8.21. The van der Waals surface area contributed by atoms with E-state index in [1.165, 1.54) is 12.1 Å². The van der Waals surface area contributed by atoms with Crippen molar-refractivity contribution in [3.05, 3.63) is 65.2 Å². The highest BCUT2D eigenvalue weighted by molar-refractivity contribution is 5.32. The van der Waals surface area contributed by atoms with E-state index in [0.29, 0.717) is 11.1 Å². The molecule has 0 amide bonds. The maximum Gasteiger partial charge on any atom is 0.573 e. The van der Waals surface area contributed by atoms with Crippen LogP contribution in [0.3, 0.4) is 0 Å². The average molecular weight is 392 g/mol. The van der Waals surface area contributed by atoms with Crippen LogP contribution in [0.25, 0.3) is 0 Å². The van der Waals surface area contributed by atoms with Crippen molar-refractivity contribution < 1.29 is 36.2 Å². The van der Waals surface area contributed by atoms with Crippen molar-refractivity contribution in [1.82, 2.24) is 0 Å². The quantitative estimate of drug-likeness (QED) is 0.655. The van der Waals surface area contributed by atoms with E-state index in [2.05, 4.69) is 4.74 Å². The van der Waals surface area contributed by atoms with E-state index in [1.807, 2.05) is 0 Å². The van der Waals surface area contributed by atoms with Crippen LogP contribution in [-0.4, -0.2) is 23.7 Å². The van der Waals surface area contributed by atoms with Crippen LogP contribution in [0.2, 0.25) is 0 Å². The van der Waals surface area contributed by atoms with E-state index in [-0.39, 0.29) is 6.42 Å². The Labute approximate surface area is 152 Å². The Hall–Kier alpha value is -2.22. The van der Waals surface area contributed by atoms with E-state index in [0.717, 1.165) is 17.7 Å². The second-order valence-electron chi connectivity index (χ2n) is 6.30. The molecule has 0 heterocycles. The van der Waals surface area contributed by atoms with Crippen LogP contribution >= 0.6 is 0 Å². The summed E-state index contributed by atoms with van der Waals surface area (Å²) in [5, 5.41) is 9.47. The van der Waals surface area contributed by atoms with Gasteiger partial charge in [-0.05, 0) is 48.9 Å². The van der Waals surface area contributed by atoms with Gasteiger partial charge in [0.2, 0.25) is 0 Å². The average Bonchev–Trinajstić information content (AvgIpc) is 2.52. The molecule has 2 aromatic carbocycles. The van der Waals surface area contributed by atoms with Gasteiger partial charge in [0, 0.05) is 0 Å². The smallest absolute Gasteiger partial charge is 0.406 e. The summed E-state index contributed by atoms with van der Waals surface area (Å²) in [6.45, 7) is 1.78. The van der Waals surface area contributed by atoms with Crippen molar-refractivity contribution in [3.8, 4) is 5.75 Å². The largest absolute Gasteiger partial charge is 0.573 e. The molecule has 0 aliphatic rings. The lowest BCUT2D eigenvalue weighted by molar-refractivity contribution is -0.274. The molecule has 0 bridgehead atoms. The molecule has 1 N–H and O–H groups in total. The summed E-state index contributed by atoms with van der Waals surface area (Å²) in [7, 11) is 0. The molecule has 2 atom stereocenters. The fraction of sp³-hybridized carbons (Fsp3) is 0.368. The number of aliphatic hydroxyl groups is 1. The molecule has 0 saturated carbocycles.